The van der Waals surface area contributed by atoms with E-state index in [2.05, 4.69) is 44.2 Å². The highest BCUT2D eigenvalue weighted by Crippen LogP contribution is 2.54. The minimum absolute atomic E-state index is 0.572. The quantitative estimate of drug-likeness (QED) is 0.567. The van der Waals surface area contributed by atoms with E-state index < -0.39 is 0 Å². The van der Waals surface area contributed by atoms with E-state index in [4.69, 9.17) is 0 Å². The molecule has 0 heteroatoms. The molecule has 1 fully saturated rings. The van der Waals surface area contributed by atoms with Crippen molar-refractivity contribution in [2.45, 2.75) is 58.3 Å². The molecule has 0 heterocycles. The van der Waals surface area contributed by atoms with Crippen LogP contribution in [0.15, 0.2) is 30.3 Å². The molecule has 0 amide bonds. The Morgan fingerprint density at radius 1 is 1.00 bits per heavy atom. The van der Waals surface area contributed by atoms with Crippen LogP contribution in [0.3, 0.4) is 0 Å². The molecule has 0 N–H and O–H groups in total. The molecule has 0 spiro atoms. The standard InChI is InChI=1S/C20H24/c1-14-6-5-7-16-15(14)9-10-18-17(16)11-13-20(2)12-4-3-8-19(18)20/h5-7,9-10,19H,3-4,8,11-13H2,1-2H3. The molecule has 2 unspecified atom stereocenters. The Bertz CT molecular complexity index is 667. The van der Waals surface area contributed by atoms with Crippen molar-refractivity contribution in [3.05, 3.63) is 47.0 Å². The first-order chi connectivity index (χ1) is 9.69. The predicted octanol–water partition coefficient (Wildman–Crippen LogP) is 5.76. The van der Waals surface area contributed by atoms with Crippen LogP contribution in [0, 0.1) is 12.3 Å². The SMILES string of the molecule is Cc1cccc2c3c(ccc12)C1CCCCC1(C)CC3. The van der Waals surface area contributed by atoms with Crippen molar-refractivity contribution >= 4 is 10.8 Å². The number of hydrogen-bond donors (Lipinski definition) is 0. The summed E-state index contributed by atoms with van der Waals surface area (Å²) < 4.78 is 0. The van der Waals surface area contributed by atoms with Crippen LogP contribution in [-0.4, -0.2) is 0 Å². The van der Waals surface area contributed by atoms with Crippen molar-refractivity contribution in [2.24, 2.45) is 5.41 Å². The summed E-state index contributed by atoms with van der Waals surface area (Å²) in [6, 6.07) is 11.6. The van der Waals surface area contributed by atoms with Crippen molar-refractivity contribution in [3.63, 3.8) is 0 Å². The summed E-state index contributed by atoms with van der Waals surface area (Å²) in [6.07, 6.45) is 8.37. The molecule has 20 heavy (non-hydrogen) atoms. The number of benzene rings is 2. The molecule has 2 atom stereocenters. The van der Waals surface area contributed by atoms with Gasteiger partial charge in [0.05, 0.1) is 0 Å². The highest BCUT2D eigenvalue weighted by molar-refractivity contribution is 5.89. The van der Waals surface area contributed by atoms with Gasteiger partial charge in [-0.15, -0.1) is 0 Å². The van der Waals surface area contributed by atoms with Gasteiger partial charge in [-0.2, -0.15) is 0 Å². The lowest BCUT2D eigenvalue weighted by atomic mass is 9.58. The lowest BCUT2D eigenvalue weighted by Crippen LogP contribution is -2.33. The molecule has 0 radical (unpaired) electrons. The van der Waals surface area contributed by atoms with Crippen LogP contribution in [-0.2, 0) is 6.42 Å². The molecular weight excluding hydrogens is 240 g/mol. The average molecular weight is 264 g/mol. The van der Waals surface area contributed by atoms with Gasteiger partial charge in [0, 0.05) is 0 Å². The average Bonchev–Trinajstić information content (AvgIpc) is 2.46. The van der Waals surface area contributed by atoms with Gasteiger partial charge in [-0.1, -0.05) is 50.1 Å². The molecule has 0 aromatic heterocycles. The lowest BCUT2D eigenvalue weighted by molar-refractivity contribution is 0.148. The molecule has 2 aliphatic carbocycles. The maximum Gasteiger partial charge on any atom is -0.0105 e. The zero-order valence-electron chi connectivity index (χ0n) is 12.7. The van der Waals surface area contributed by atoms with Gasteiger partial charge in [0.25, 0.3) is 0 Å². The second-order valence-corrected chi connectivity index (χ2v) is 7.26. The third kappa shape index (κ3) is 1.67. The first-order valence-corrected chi connectivity index (χ1v) is 8.20. The Morgan fingerprint density at radius 2 is 1.90 bits per heavy atom. The smallest absolute Gasteiger partial charge is 0.0105 e. The summed E-state index contributed by atoms with van der Waals surface area (Å²) in [7, 11) is 0. The Hall–Kier alpha value is -1.30. The molecule has 2 aromatic carbocycles. The van der Waals surface area contributed by atoms with Gasteiger partial charge >= 0.3 is 0 Å². The Labute approximate surface area is 122 Å². The van der Waals surface area contributed by atoms with Gasteiger partial charge in [-0.05, 0) is 71.4 Å². The van der Waals surface area contributed by atoms with E-state index in [0.29, 0.717) is 5.41 Å². The summed E-state index contributed by atoms with van der Waals surface area (Å²) in [5.41, 5.74) is 5.33. The minimum Gasteiger partial charge on any atom is -0.0614 e. The summed E-state index contributed by atoms with van der Waals surface area (Å²) in [4.78, 5) is 0. The molecule has 0 saturated heterocycles. The topological polar surface area (TPSA) is 0 Å². The maximum absolute atomic E-state index is 2.54. The third-order valence-corrected chi connectivity index (χ3v) is 6.08. The van der Waals surface area contributed by atoms with Crippen molar-refractivity contribution in [1.82, 2.24) is 0 Å². The first-order valence-electron chi connectivity index (χ1n) is 8.20. The number of fused-ring (bicyclic) bond motifs is 5. The fraction of sp³-hybridized carbons (Fsp3) is 0.500. The van der Waals surface area contributed by atoms with Gasteiger partial charge in [0.15, 0.2) is 0 Å². The van der Waals surface area contributed by atoms with E-state index in [9.17, 15) is 0 Å². The Morgan fingerprint density at radius 3 is 2.80 bits per heavy atom. The number of rotatable bonds is 0. The molecule has 2 aromatic rings. The summed E-state index contributed by atoms with van der Waals surface area (Å²) in [6.45, 7) is 4.78. The first kappa shape index (κ1) is 12.4. The molecule has 1 saturated carbocycles. The van der Waals surface area contributed by atoms with Crippen LogP contribution < -0.4 is 0 Å². The zero-order chi connectivity index (χ0) is 13.7. The summed E-state index contributed by atoms with van der Waals surface area (Å²) >= 11 is 0. The number of aryl methyl sites for hydroxylation is 2. The van der Waals surface area contributed by atoms with Gasteiger partial charge in [0.1, 0.15) is 0 Å². The van der Waals surface area contributed by atoms with Gasteiger partial charge in [-0.3, -0.25) is 0 Å². The maximum atomic E-state index is 2.54. The van der Waals surface area contributed by atoms with Crippen molar-refractivity contribution in [2.75, 3.05) is 0 Å². The van der Waals surface area contributed by atoms with Crippen molar-refractivity contribution in [3.8, 4) is 0 Å². The molecule has 0 nitrogen and oxygen atoms in total. The Kier molecular flexibility index (Phi) is 2.70. The van der Waals surface area contributed by atoms with Crippen LogP contribution in [0.5, 0.6) is 0 Å². The van der Waals surface area contributed by atoms with E-state index in [-0.39, 0.29) is 0 Å². The second-order valence-electron chi connectivity index (χ2n) is 7.26. The van der Waals surface area contributed by atoms with E-state index in [1.807, 2.05) is 0 Å². The summed E-state index contributed by atoms with van der Waals surface area (Å²) in [5.74, 6) is 0.810. The van der Waals surface area contributed by atoms with Crippen LogP contribution in [0.2, 0.25) is 0 Å². The van der Waals surface area contributed by atoms with Crippen molar-refractivity contribution < 1.29 is 0 Å². The fourth-order valence-corrected chi connectivity index (χ4v) is 4.84. The van der Waals surface area contributed by atoms with E-state index in [1.54, 1.807) is 11.1 Å². The molecule has 2 aliphatic rings. The zero-order valence-corrected chi connectivity index (χ0v) is 12.7. The monoisotopic (exact) mass is 264 g/mol. The van der Waals surface area contributed by atoms with Crippen LogP contribution in [0.1, 0.15) is 61.6 Å². The van der Waals surface area contributed by atoms with E-state index >= 15 is 0 Å². The van der Waals surface area contributed by atoms with Crippen molar-refractivity contribution in [1.29, 1.82) is 0 Å². The molecule has 4 rings (SSSR count). The molecule has 0 aliphatic heterocycles. The third-order valence-electron chi connectivity index (χ3n) is 6.08. The molecular formula is C20H24. The van der Waals surface area contributed by atoms with Crippen LogP contribution in [0.4, 0.5) is 0 Å². The highest BCUT2D eigenvalue weighted by Gasteiger charge is 2.41. The fourth-order valence-electron chi connectivity index (χ4n) is 4.84. The van der Waals surface area contributed by atoms with Crippen LogP contribution >= 0.6 is 0 Å². The Balaban J connectivity index is 1.94. The van der Waals surface area contributed by atoms with Gasteiger partial charge in [-0.25, -0.2) is 0 Å². The van der Waals surface area contributed by atoms with E-state index in [1.165, 1.54) is 54.9 Å². The van der Waals surface area contributed by atoms with E-state index in [0.717, 1.165) is 5.92 Å². The number of hydrogen-bond acceptors (Lipinski definition) is 0. The van der Waals surface area contributed by atoms with Crippen LogP contribution in [0.25, 0.3) is 10.8 Å². The lowest BCUT2D eigenvalue weighted by Gasteiger charge is -2.46. The minimum atomic E-state index is 0.572. The summed E-state index contributed by atoms with van der Waals surface area (Å²) in [5, 5.41) is 2.99. The molecule has 104 valence electrons. The predicted molar refractivity (Wildman–Crippen MR) is 86.3 cm³/mol. The van der Waals surface area contributed by atoms with Gasteiger partial charge < -0.3 is 0 Å². The highest BCUT2D eigenvalue weighted by atomic mass is 14.5. The second kappa shape index (κ2) is 4.35. The molecule has 0 bridgehead atoms. The normalized spacial score (nSPS) is 29.0. The van der Waals surface area contributed by atoms with Gasteiger partial charge in [0.2, 0.25) is 0 Å². The largest absolute Gasteiger partial charge is 0.0614 e.